The van der Waals surface area contributed by atoms with Crippen molar-refractivity contribution in [3.05, 3.63) is 35.9 Å². The average molecular weight is 352 g/mol. The molecule has 1 aromatic carbocycles. The van der Waals surface area contributed by atoms with E-state index in [1.54, 1.807) is 20.8 Å². The number of rotatable bonds is 8. The zero-order chi connectivity index (χ0) is 18.9. The molecule has 0 radical (unpaired) electrons. The third kappa shape index (κ3) is 9.31. The molecular weight excluding hydrogens is 328 g/mol. The Bertz CT molecular complexity index is 583. The molecule has 0 aliphatic carbocycles. The number of nitrogens with one attached hydrogen (secondary N) is 2. The number of esters is 1. The molecule has 0 fully saturated rings. The van der Waals surface area contributed by atoms with E-state index >= 15 is 0 Å². The molecule has 1 rings (SSSR count). The fraction of sp³-hybridized carbons (Fsp3) is 0.471. The van der Waals surface area contributed by atoms with Crippen LogP contribution in [0.3, 0.4) is 0 Å². The van der Waals surface area contributed by atoms with Crippen molar-refractivity contribution in [2.24, 2.45) is 0 Å². The molecule has 25 heavy (non-hydrogen) atoms. The maximum Gasteiger partial charge on any atom is 0.407 e. The first kappa shape index (κ1) is 20.4. The van der Waals surface area contributed by atoms with Gasteiger partial charge in [-0.15, -0.1) is 0 Å². The summed E-state index contributed by atoms with van der Waals surface area (Å²) in [5.74, 6) is -1.79. The summed E-state index contributed by atoms with van der Waals surface area (Å²) in [6, 6.07) is 7.98. The van der Waals surface area contributed by atoms with Gasteiger partial charge in [0.05, 0.1) is 6.54 Å². The zero-order valence-corrected chi connectivity index (χ0v) is 14.6. The molecule has 1 aromatic rings. The van der Waals surface area contributed by atoms with Gasteiger partial charge in [-0.1, -0.05) is 30.3 Å². The highest BCUT2D eigenvalue weighted by Gasteiger charge is 2.21. The molecule has 3 N–H and O–H groups in total. The Morgan fingerprint density at radius 1 is 1.16 bits per heavy atom. The van der Waals surface area contributed by atoms with E-state index in [0.29, 0.717) is 0 Å². The van der Waals surface area contributed by atoms with Gasteiger partial charge in [0.15, 0.2) is 0 Å². The lowest BCUT2D eigenvalue weighted by Gasteiger charge is -2.21. The molecule has 0 saturated heterocycles. The first-order chi connectivity index (χ1) is 11.7. The third-order valence-electron chi connectivity index (χ3n) is 2.88. The lowest BCUT2D eigenvalue weighted by atomic mass is 10.2. The number of benzene rings is 1. The number of aliphatic carboxylic acids is 1. The molecule has 0 bridgehead atoms. The number of ether oxygens (including phenoxy) is 2. The number of carbonyl (C=O) groups excluding carboxylic acids is 2. The Balaban J connectivity index is 2.36. The van der Waals surface area contributed by atoms with Crippen LogP contribution in [0.2, 0.25) is 0 Å². The summed E-state index contributed by atoms with van der Waals surface area (Å²) in [7, 11) is 0. The highest BCUT2D eigenvalue weighted by molar-refractivity contribution is 5.77. The fourth-order valence-electron chi connectivity index (χ4n) is 1.74. The molecule has 0 aliphatic rings. The number of carbonyl (C=O) groups is 3. The van der Waals surface area contributed by atoms with Gasteiger partial charge in [-0.05, 0) is 26.3 Å². The van der Waals surface area contributed by atoms with Gasteiger partial charge in [0.2, 0.25) is 0 Å². The average Bonchev–Trinajstić information content (AvgIpc) is 2.51. The van der Waals surface area contributed by atoms with Gasteiger partial charge in [0, 0.05) is 6.54 Å². The standard InChI is InChI=1S/C17H24N2O6/c1-17(2,3)25-16(23)19-9-13(15(21)22)18-10-14(20)24-11-12-7-5-4-6-8-12/h4-8,13,18H,9-11H2,1-3H3,(H,19,23)(H,21,22)/t13-/m0/s1. The lowest BCUT2D eigenvalue weighted by molar-refractivity contribution is -0.144. The minimum Gasteiger partial charge on any atom is -0.480 e. The second-order valence-corrected chi connectivity index (χ2v) is 6.30. The summed E-state index contributed by atoms with van der Waals surface area (Å²) in [4.78, 5) is 34.4. The Kier molecular flexibility index (Phi) is 7.87. The minimum absolute atomic E-state index is 0.106. The second kappa shape index (κ2) is 9.63. The van der Waals surface area contributed by atoms with Crippen LogP contribution in [0.25, 0.3) is 0 Å². The van der Waals surface area contributed by atoms with Crippen LogP contribution in [0.5, 0.6) is 0 Å². The van der Waals surface area contributed by atoms with E-state index < -0.39 is 29.7 Å². The Morgan fingerprint density at radius 2 is 1.80 bits per heavy atom. The quantitative estimate of drug-likeness (QED) is 0.604. The predicted molar refractivity (Wildman–Crippen MR) is 89.9 cm³/mol. The first-order valence-corrected chi connectivity index (χ1v) is 7.80. The molecule has 1 amide bonds. The van der Waals surface area contributed by atoms with Crippen LogP contribution in [0.15, 0.2) is 30.3 Å². The van der Waals surface area contributed by atoms with Gasteiger partial charge < -0.3 is 19.9 Å². The first-order valence-electron chi connectivity index (χ1n) is 7.80. The van der Waals surface area contributed by atoms with Crippen molar-refractivity contribution in [1.82, 2.24) is 10.6 Å². The van der Waals surface area contributed by atoms with Crippen LogP contribution >= 0.6 is 0 Å². The van der Waals surface area contributed by atoms with Crippen LogP contribution in [-0.2, 0) is 25.7 Å². The highest BCUT2D eigenvalue weighted by atomic mass is 16.6. The lowest BCUT2D eigenvalue weighted by Crippen LogP contribution is -2.48. The SMILES string of the molecule is CC(C)(C)OC(=O)NC[C@H](NCC(=O)OCc1ccccc1)C(=O)O. The van der Waals surface area contributed by atoms with Crippen LogP contribution in [-0.4, -0.2) is 47.9 Å². The van der Waals surface area contributed by atoms with Crippen LogP contribution < -0.4 is 10.6 Å². The molecule has 8 heteroatoms. The smallest absolute Gasteiger partial charge is 0.407 e. The number of hydrogen-bond donors (Lipinski definition) is 3. The molecule has 0 saturated carbocycles. The highest BCUT2D eigenvalue weighted by Crippen LogP contribution is 2.06. The Hall–Kier alpha value is -2.61. The maximum absolute atomic E-state index is 11.7. The summed E-state index contributed by atoms with van der Waals surface area (Å²) >= 11 is 0. The number of alkyl carbamates (subject to hydrolysis) is 1. The maximum atomic E-state index is 11.7. The van der Waals surface area contributed by atoms with E-state index in [-0.39, 0.29) is 19.7 Å². The topological polar surface area (TPSA) is 114 Å². The second-order valence-electron chi connectivity index (χ2n) is 6.30. The number of carboxylic acids is 1. The number of carboxylic acid groups (broad SMARTS) is 1. The van der Waals surface area contributed by atoms with E-state index in [9.17, 15) is 14.4 Å². The van der Waals surface area contributed by atoms with Crippen molar-refractivity contribution in [3.8, 4) is 0 Å². The molecule has 0 aromatic heterocycles. The van der Waals surface area contributed by atoms with Crippen LogP contribution in [0.4, 0.5) is 4.79 Å². The monoisotopic (exact) mass is 352 g/mol. The summed E-state index contributed by atoms with van der Waals surface area (Å²) in [5, 5.41) is 14.0. The third-order valence-corrected chi connectivity index (χ3v) is 2.88. The van der Waals surface area contributed by atoms with Gasteiger partial charge in [0.25, 0.3) is 0 Å². The van der Waals surface area contributed by atoms with Crippen molar-refractivity contribution < 1.29 is 29.0 Å². The molecule has 1 atom stereocenters. The van der Waals surface area contributed by atoms with Crippen LogP contribution in [0.1, 0.15) is 26.3 Å². The van der Waals surface area contributed by atoms with Crippen molar-refractivity contribution in [3.63, 3.8) is 0 Å². The predicted octanol–water partition coefficient (Wildman–Crippen LogP) is 1.30. The number of hydrogen-bond acceptors (Lipinski definition) is 6. The largest absolute Gasteiger partial charge is 0.480 e. The van der Waals surface area contributed by atoms with E-state index in [1.807, 2.05) is 30.3 Å². The normalized spacial score (nSPS) is 12.1. The summed E-state index contributed by atoms with van der Waals surface area (Å²) in [6.07, 6.45) is -0.729. The van der Waals surface area contributed by atoms with Crippen LogP contribution in [0, 0.1) is 0 Å². The molecule has 8 nitrogen and oxygen atoms in total. The van der Waals surface area contributed by atoms with Gasteiger partial charge in [0.1, 0.15) is 18.2 Å². The van der Waals surface area contributed by atoms with E-state index in [1.165, 1.54) is 0 Å². The Labute approximate surface area is 146 Å². The van der Waals surface area contributed by atoms with Gasteiger partial charge >= 0.3 is 18.0 Å². The van der Waals surface area contributed by atoms with Gasteiger partial charge in [-0.25, -0.2) is 4.79 Å². The Morgan fingerprint density at radius 3 is 2.36 bits per heavy atom. The van der Waals surface area contributed by atoms with Crippen molar-refractivity contribution in [2.45, 2.75) is 39.0 Å². The van der Waals surface area contributed by atoms with E-state index in [0.717, 1.165) is 5.56 Å². The molecule has 0 heterocycles. The molecular formula is C17H24N2O6. The van der Waals surface area contributed by atoms with Crippen molar-refractivity contribution in [1.29, 1.82) is 0 Å². The molecule has 0 spiro atoms. The summed E-state index contributed by atoms with van der Waals surface area (Å²) < 4.78 is 10.1. The summed E-state index contributed by atoms with van der Waals surface area (Å²) in [5.41, 5.74) is 0.148. The molecule has 138 valence electrons. The van der Waals surface area contributed by atoms with Crippen molar-refractivity contribution >= 4 is 18.0 Å². The molecule has 0 unspecified atom stereocenters. The van der Waals surface area contributed by atoms with E-state index in [2.05, 4.69) is 10.6 Å². The number of amides is 1. The zero-order valence-electron chi connectivity index (χ0n) is 14.6. The van der Waals surface area contributed by atoms with Gasteiger partial charge in [-0.3, -0.25) is 14.9 Å². The van der Waals surface area contributed by atoms with Crippen molar-refractivity contribution in [2.75, 3.05) is 13.1 Å². The molecule has 0 aliphatic heterocycles. The summed E-state index contributed by atoms with van der Waals surface area (Å²) in [6.45, 7) is 4.68. The fourth-order valence-corrected chi connectivity index (χ4v) is 1.74. The van der Waals surface area contributed by atoms with E-state index in [4.69, 9.17) is 14.6 Å². The van der Waals surface area contributed by atoms with Gasteiger partial charge in [-0.2, -0.15) is 0 Å². The minimum atomic E-state index is -1.20.